The van der Waals surface area contributed by atoms with E-state index in [9.17, 15) is 4.57 Å². The first-order valence-corrected chi connectivity index (χ1v) is 15.3. The van der Waals surface area contributed by atoms with Crippen molar-refractivity contribution in [2.75, 3.05) is 19.8 Å². The maximum absolute atomic E-state index is 11.1. The molecule has 0 aliphatic heterocycles. The highest BCUT2D eigenvalue weighted by Gasteiger charge is 2.19. The molecule has 206 valence electrons. The number of benzene rings is 1. The van der Waals surface area contributed by atoms with Crippen LogP contribution in [0.3, 0.4) is 0 Å². The Morgan fingerprint density at radius 1 is 0.889 bits per heavy atom. The van der Waals surface area contributed by atoms with E-state index in [0.717, 1.165) is 12.8 Å². The predicted molar refractivity (Wildman–Crippen MR) is 144 cm³/mol. The zero-order valence-corrected chi connectivity index (χ0v) is 23.5. The summed E-state index contributed by atoms with van der Waals surface area (Å²) in [6.07, 6.45) is 17.4. The van der Waals surface area contributed by atoms with Crippen LogP contribution >= 0.6 is 19.4 Å². The van der Waals surface area contributed by atoms with Gasteiger partial charge in [-0.05, 0) is 30.2 Å². The van der Waals surface area contributed by atoms with Gasteiger partial charge < -0.3 is 19.3 Å². The SMILES string of the molecule is CCCCCCCCCCCCCCCCOC[C@@H](COP(=O)(O)O)OCc1cc(Cl)cc(C#N)c1. The minimum absolute atomic E-state index is 0.118. The van der Waals surface area contributed by atoms with E-state index in [2.05, 4.69) is 11.4 Å². The Morgan fingerprint density at radius 3 is 1.97 bits per heavy atom. The smallest absolute Gasteiger partial charge is 0.379 e. The molecule has 0 bridgehead atoms. The second kappa shape index (κ2) is 21.0. The third-order valence-corrected chi connectivity index (χ3v) is 6.65. The van der Waals surface area contributed by atoms with Crippen LogP contribution in [0.1, 0.15) is 108 Å². The highest BCUT2D eigenvalue weighted by atomic mass is 35.5. The van der Waals surface area contributed by atoms with Crippen molar-refractivity contribution >= 4 is 19.4 Å². The van der Waals surface area contributed by atoms with Crippen molar-refractivity contribution < 1.29 is 28.3 Å². The van der Waals surface area contributed by atoms with Crippen molar-refractivity contribution in [1.82, 2.24) is 0 Å². The van der Waals surface area contributed by atoms with Gasteiger partial charge in [0.2, 0.25) is 0 Å². The number of rotatable bonds is 23. The number of phosphoric ester groups is 1. The van der Waals surface area contributed by atoms with Crippen LogP contribution in [-0.4, -0.2) is 35.7 Å². The summed E-state index contributed by atoms with van der Waals surface area (Å²) in [5.74, 6) is 0. The molecule has 0 fully saturated rings. The Morgan fingerprint density at radius 2 is 1.44 bits per heavy atom. The monoisotopic (exact) mass is 545 g/mol. The van der Waals surface area contributed by atoms with Crippen molar-refractivity contribution in [1.29, 1.82) is 5.26 Å². The van der Waals surface area contributed by atoms with Crippen LogP contribution in [0, 0.1) is 11.3 Å². The number of nitriles is 1. The van der Waals surface area contributed by atoms with Crippen LogP contribution in [0.5, 0.6) is 0 Å². The molecule has 1 rings (SSSR count). The van der Waals surface area contributed by atoms with Crippen LogP contribution in [0.25, 0.3) is 0 Å². The summed E-state index contributed by atoms with van der Waals surface area (Å²) in [5.41, 5.74) is 1.10. The molecular formula is C27H45ClNO6P. The van der Waals surface area contributed by atoms with Gasteiger partial charge in [0.05, 0.1) is 31.5 Å². The first-order valence-electron chi connectivity index (χ1n) is 13.4. The normalized spacial score (nSPS) is 12.5. The third-order valence-electron chi connectivity index (χ3n) is 5.95. The second-order valence-electron chi connectivity index (χ2n) is 9.35. The van der Waals surface area contributed by atoms with Gasteiger partial charge in [-0.15, -0.1) is 0 Å². The summed E-state index contributed by atoms with van der Waals surface area (Å²) in [4.78, 5) is 18.0. The molecule has 1 aromatic rings. The Labute approximate surface area is 222 Å². The van der Waals surface area contributed by atoms with Crippen LogP contribution < -0.4 is 0 Å². The molecule has 0 aliphatic rings. The summed E-state index contributed by atoms with van der Waals surface area (Å²) in [6.45, 7) is 2.79. The standard InChI is InChI=1S/C27H45ClNO6P/c1-2-3-4-5-6-7-8-9-10-11-12-13-14-15-16-33-22-27(23-35-36(30,31)32)34-21-25-17-24(20-29)18-26(28)19-25/h17-19,27H,2-16,21-23H2,1H3,(H2,30,31,32)/t27-/m0/s1. The highest BCUT2D eigenvalue weighted by Crippen LogP contribution is 2.36. The van der Waals surface area contributed by atoms with Crippen molar-refractivity contribution in [2.45, 2.75) is 110 Å². The van der Waals surface area contributed by atoms with Crippen molar-refractivity contribution in [3.63, 3.8) is 0 Å². The molecule has 7 nitrogen and oxygen atoms in total. The number of phosphoric acid groups is 1. The van der Waals surface area contributed by atoms with Crippen molar-refractivity contribution in [2.24, 2.45) is 0 Å². The first kappa shape index (κ1) is 33.1. The van der Waals surface area contributed by atoms with E-state index in [1.807, 2.05) is 6.07 Å². The summed E-state index contributed by atoms with van der Waals surface area (Å²) in [7, 11) is -4.61. The molecule has 0 aromatic heterocycles. The largest absolute Gasteiger partial charge is 0.469 e. The van der Waals surface area contributed by atoms with Crippen molar-refractivity contribution in [3.8, 4) is 6.07 Å². The lowest BCUT2D eigenvalue weighted by molar-refractivity contribution is -0.0493. The number of hydrogen-bond donors (Lipinski definition) is 2. The summed E-state index contributed by atoms with van der Waals surface area (Å²) in [5, 5.41) is 9.49. The predicted octanol–water partition coefficient (Wildman–Crippen LogP) is 7.70. The first-order chi connectivity index (χ1) is 17.3. The van der Waals surface area contributed by atoms with Gasteiger partial charge in [0.1, 0.15) is 6.10 Å². The Hall–Kier alpha value is -0.970. The fourth-order valence-electron chi connectivity index (χ4n) is 3.95. The van der Waals surface area contributed by atoms with E-state index in [4.69, 9.17) is 36.1 Å². The van der Waals surface area contributed by atoms with E-state index in [-0.39, 0.29) is 19.8 Å². The average Bonchev–Trinajstić information content (AvgIpc) is 2.84. The maximum Gasteiger partial charge on any atom is 0.469 e. The molecule has 0 unspecified atom stereocenters. The quantitative estimate of drug-likeness (QED) is 0.107. The van der Waals surface area contributed by atoms with Gasteiger partial charge in [0.15, 0.2) is 0 Å². The molecule has 0 spiro atoms. The molecule has 0 saturated heterocycles. The zero-order chi connectivity index (χ0) is 26.5. The van der Waals surface area contributed by atoms with Crippen LogP contribution in [0.15, 0.2) is 18.2 Å². The topological polar surface area (TPSA) is 109 Å². The minimum Gasteiger partial charge on any atom is -0.379 e. The van der Waals surface area contributed by atoms with Gasteiger partial charge in [0, 0.05) is 11.6 Å². The van der Waals surface area contributed by atoms with Gasteiger partial charge in [-0.25, -0.2) is 4.57 Å². The number of ether oxygens (including phenoxy) is 2. The summed E-state index contributed by atoms with van der Waals surface area (Å²) < 4.78 is 27.1. The molecule has 1 atom stereocenters. The molecule has 9 heteroatoms. The molecule has 0 amide bonds. The molecular weight excluding hydrogens is 501 g/mol. The summed E-state index contributed by atoms with van der Waals surface area (Å²) in [6, 6.07) is 6.92. The Balaban J connectivity index is 2.15. The number of nitrogens with zero attached hydrogens (tertiary/aromatic N) is 1. The maximum atomic E-state index is 11.1. The number of unbranched alkanes of at least 4 members (excludes halogenated alkanes) is 13. The van der Waals surface area contributed by atoms with Crippen LogP contribution in [-0.2, 0) is 25.2 Å². The van der Waals surface area contributed by atoms with Crippen LogP contribution in [0.4, 0.5) is 0 Å². The minimum atomic E-state index is -4.61. The molecule has 0 heterocycles. The molecule has 2 N–H and O–H groups in total. The molecule has 0 saturated carbocycles. The van der Waals surface area contributed by atoms with E-state index in [0.29, 0.717) is 22.8 Å². The van der Waals surface area contributed by atoms with E-state index in [1.165, 1.54) is 77.0 Å². The number of halogens is 1. The van der Waals surface area contributed by atoms with Crippen molar-refractivity contribution in [3.05, 3.63) is 34.3 Å². The lowest BCUT2D eigenvalue weighted by Gasteiger charge is -2.19. The fourth-order valence-corrected chi connectivity index (χ4v) is 4.57. The van der Waals surface area contributed by atoms with Crippen LogP contribution in [0.2, 0.25) is 5.02 Å². The molecule has 0 radical (unpaired) electrons. The van der Waals surface area contributed by atoms with Gasteiger partial charge >= 0.3 is 7.82 Å². The van der Waals surface area contributed by atoms with E-state index < -0.39 is 13.9 Å². The van der Waals surface area contributed by atoms with E-state index in [1.54, 1.807) is 18.2 Å². The fraction of sp³-hybridized carbons (Fsp3) is 0.741. The average molecular weight is 546 g/mol. The van der Waals surface area contributed by atoms with Gasteiger partial charge in [-0.2, -0.15) is 5.26 Å². The Bertz CT molecular complexity index is 782. The second-order valence-corrected chi connectivity index (χ2v) is 11.0. The third kappa shape index (κ3) is 19.2. The molecule has 36 heavy (non-hydrogen) atoms. The Kier molecular flexibility index (Phi) is 19.3. The molecule has 1 aromatic carbocycles. The lowest BCUT2D eigenvalue weighted by Crippen LogP contribution is -2.25. The summed E-state index contributed by atoms with van der Waals surface area (Å²) >= 11 is 6.02. The van der Waals surface area contributed by atoms with E-state index >= 15 is 0 Å². The van der Waals surface area contributed by atoms with Gasteiger partial charge in [0.25, 0.3) is 0 Å². The highest BCUT2D eigenvalue weighted by molar-refractivity contribution is 7.46. The zero-order valence-electron chi connectivity index (χ0n) is 21.8. The lowest BCUT2D eigenvalue weighted by atomic mass is 10.0. The van der Waals surface area contributed by atoms with Gasteiger partial charge in [-0.3, -0.25) is 4.52 Å². The van der Waals surface area contributed by atoms with Gasteiger partial charge in [-0.1, -0.05) is 102 Å². The molecule has 0 aliphatic carbocycles. The number of hydrogen-bond acceptors (Lipinski definition) is 5.